The molecule has 0 amide bonds. The van der Waals surface area contributed by atoms with Crippen LogP contribution in [0, 0.1) is 6.85 Å². The molecule has 0 atom stereocenters. The van der Waals surface area contributed by atoms with Gasteiger partial charge in [-0.1, -0.05) is 0 Å². The topological polar surface area (TPSA) is 44.1 Å². The lowest BCUT2D eigenvalue weighted by Gasteiger charge is -2.19. The Kier molecular flexibility index (Phi) is 1.76. The van der Waals surface area contributed by atoms with Gasteiger partial charge in [-0.15, -0.1) is 0 Å². The van der Waals surface area contributed by atoms with E-state index in [4.69, 9.17) is 10.2 Å². The Morgan fingerprint density at radius 3 is 2.93 bits per heavy atom. The number of carbonyl (C=O) groups is 1. The van der Waals surface area contributed by atoms with E-state index in [9.17, 15) is 4.79 Å². The summed E-state index contributed by atoms with van der Waals surface area (Å²) in [4.78, 5) is 15.5. The molecule has 4 nitrogen and oxygen atoms in total. The number of carbonyl (C=O) groups excluding carboxylic acids is 1. The number of imidazole rings is 1. The van der Waals surface area contributed by atoms with Gasteiger partial charge < -0.3 is 4.74 Å². The van der Waals surface area contributed by atoms with Crippen LogP contribution >= 0.6 is 15.9 Å². The number of hydrogen-bond acceptors (Lipinski definition) is 3. The molecule has 0 N–H and O–H groups in total. The van der Waals surface area contributed by atoms with Crippen molar-refractivity contribution < 1.29 is 15.0 Å². The van der Waals surface area contributed by atoms with Crippen molar-refractivity contribution in [2.45, 2.75) is 33.2 Å². The Hall–Kier alpha value is -0.840. The van der Waals surface area contributed by atoms with Crippen molar-refractivity contribution in [1.82, 2.24) is 9.55 Å². The van der Waals surface area contributed by atoms with Crippen molar-refractivity contribution in [2.24, 2.45) is 0 Å². The highest BCUT2D eigenvalue weighted by molar-refractivity contribution is 9.10. The highest BCUT2D eigenvalue weighted by Gasteiger charge is 2.19. The first-order chi connectivity index (χ1) is 7.93. The number of ether oxygens (including phenoxy) is 1. The van der Waals surface area contributed by atoms with E-state index >= 15 is 0 Å². The lowest BCUT2D eigenvalue weighted by molar-refractivity contribution is 0.0533. The zero-order valence-electron chi connectivity index (χ0n) is 12.1. The van der Waals surface area contributed by atoms with Crippen LogP contribution in [0.4, 0.5) is 4.79 Å². The second kappa shape index (κ2) is 3.73. The molecule has 0 unspecified atom stereocenters. The summed E-state index contributed by atoms with van der Waals surface area (Å²) in [5.74, 6) is 0. The largest absolute Gasteiger partial charge is 0.443 e. The van der Waals surface area contributed by atoms with Crippen LogP contribution in [0.1, 0.15) is 31.9 Å². The number of hydrogen-bond donors (Lipinski definition) is 0. The number of aromatic nitrogens is 2. The van der Waals surface area contributed by atoms with Gasteiger partial charge in [-0.25, -0.2) is 14.3 Å². The highest BCUT2D eigenvalue weighted by Crippen LogP contribution is 2.15. The molecule has 0 saturated carbocycles. The van der Waals surface area contributed by atoms with E-state index in [1.807, 2.05) is 0 Å². The van der Waals surface area contributed by atoms with Crippen molar-refractivity contribution >= 4 is 22.0 Å². The fraction of sp³-hybridized carbons (Fsp3) is 0.556. The average Bonchev–Trinajstić information content (AvgIpc) is 2.36. The van der Waals surface area contributed by atoms with Crippen LogP contribution in [-0.2, 0) is 4.74 Å². The molecule has 1 aromatic heterocycles. The van der Waals surface area contributed by atoms with Gasteiger partial charge in [0.1, 0.15) is 17.9 Å². The summed E-state index contributed by atoms with van der Waals surface area (Å²) < 4.78 is 35.2. The first-order valence-corrected chi connectivity index (χ1v) is 4.71. The molecule has 1 rings (SSSR count). The summed E-state index contributed by atoms with van der Waals surface area (Å²) in [6, 6.07) is 0. The lowest BCUT2D eigenvalue weighted by atomic mass is 10.2. The minimum Gasteiger partial charge on any atom is -0.443 e. The molecule has 0 aromatic carbocycles. The van der Waals surface area contributed by atoms with Gasteiger partial charge in [-0.2, -0.15) is 0 Å². The molecule has 1 heterocycles. The molecular weight excluding hydrogens is 248 g/mol. The Balaban J connectivity index is 3.29. The smallest absolute Gasteiger partial charge is 0.420 e. The lowest BCUT2D eigenvalue weighted by Crippen LogP contribution is -2.27. The maximum Gasteiger partial charge on any atom is 0.420 e. The summed E-state index contributed by atoms with van der Waals surface area (Å²) in [5.41, 5.74) is -1.14. The summed E-state index contributed by atoms with van der Waals surface area (Å²) >= 11 is 2.93. The van der Waals surface area contributed by atoms with Gasteiger partial charge in [0.25, 0.3) is 0 Å². The van der Waals surface area contributed by atoms with Crippen LogP contribution in [0.25, 0.3) is 0 Å². The van der Waals surface area contributed by atoms with E-state index in [2.05, 4.69) is 20.9 Å². The van der Waals surface area contributed by atoms with E-state index < -0.39 is 24.8 Å². The normalized spacial score (nSPS) is 16.6. The Bertz CT molecular complexity index is 476. The zero-order chi connectivity index (χ0) is 14.3. The Morgan fingerprint density at radius 1 is 1.79 bits per heavy atom. The second-order valence-corrected chi connectivity index (χ2v) is 4.42. The summed E-state index contributed by atoms with van der Waals surface area (Å²) in [6.07, 6.45) is -1.42. The van der Waals surface area contributed by atoms with Crippen molar-refractivity contribution in [1.29, 1.82) is 0 Å². The molecule has 0 aliphatic carbocycles. The van der Waals surface area contributed by atoms with E-state index in [0.29, 0.717) is 4.57 Å². The zero-order valence-corrected chi connectivity index (χ0v) is 9.67. The van der Waals surface area contributed by atoms with E-state index in [0.717, 1.165) is 0 Å². The maximum atomic E-state index is 11.9. The predicted molar refractivity (Wildman–Crippen MR) is 56.3 cm³/mol. The molecule has 14 heavy (non-hydrogen) atoms. The molecule has 0 aliphatic rings. The van der Waals surface area contributed by atoms with Gasteiger partial charge in [-0.05, 0) is 43.6 Å². The Morgan fingerprint density at radius 2 is 2.43 bits per heavy atom. The molecule has 1 aromatic rings. The van der Waals surface area contributed by atoms with Crippen molar-refractivity contribution in [3.8, 4) is 0 Å². The summed E-state index contributed by atoms with van der Waals surface area (Å²) in [5, 5.41) is 0. The van der Waals surface area contributed by atoms with Crippen LogP contribution in [-0.4, -0.2) is 21.2 Å². The van der Waals surface area contributed by atoms with Crippen LogP contribution in [0.3, 0.4) is 0 Å². The molecule has 5 heteroatoms. The molecule has 0 bridgehead atoms. The minimum atomic E-state index is -2.57. The Labute approximate surface area is 97.0 Å². The number of halogens is 1. The first kappa shape index (κ1) is 6.61. The molecule has 0 spiro atoms. The fourth-order valence-corrected chi connectivity index (χ4v) is 0.985. The maximum absolute atomic E-state index is 11.9. The van der Waals surface area contributed by atoms with Gasteiger partial charge in [0.2, 0.25) is 0 Å². The van der Waals surface area contributed by atoms with Crippen molar-refractivity contribution in [2.75, 3.05) is 0 Å². The van der Waals surface area contributed by atoms with Gasteiger partial charge in [0.15, 0.2) is 0 Å². The third-order valence-corrected chi connectivity index (χ3v) is 1.80. The van der Waals surface area contributed by atoms with Crippen molar-refractivity contribution in [3.05, 3.63) is 16.6 Å². The molecule has 78 valence electrons. The van der Waals surface area contributed by atoms with Gasteiger partial charge in [0, 0.05) is 4.11 Å². The van der Waals surface area contributed by atoms with Crippen LogP contribution in [0.15, 0.2) is 10.9 Å². The molecular formula is C9H13BrN2O2. The fourth-order valence-electron chi connectivity index (χ4n) is 0.729. The SMILES string of the molecule is [2H]c1nc(Br)c(C([2H])([2H])[2H])n1C(=O)OC(C)(C)C. The molecule has 0 radical (unpaired) electrons. The van der Waals surface area contributed by atoms with E-state index in [-0.39, 0.29) is 10.3 Å². The third kappa shape index (κ3) is 2.57. The van der Waals surface area contributed by atoms with Crippen molar-refractivity contribution in [3.63, 3.8) is 0 Å². The van der Waals surface area contributed by atoms with Gasteiger partial charge in [0.05, 0.1) is 5.69 Å². The first-order valence-electron chi connectivity index (χ1n) is 5.92. The van der Waals surface area contributed by atoms with Gasteiger partial charge in [-0.3, -0.25) is 0 Å². The molecule has 0 saturated heterocycles. The standard InChI is InChI=1S/C9H13BrN2O2/c1-6-7(10)11-5-12(6)8(13)14-9(2,3)4/h5H,1-4H3/i1D3,5D. The third-order valence-electron chi connectivity index (χ3n) is 1.24. The van der Waals surface area contributed by atoms with Crippen LogP contribution in [0.5, 0.6) is 0 Å². The van der Waals surface area contributed by atoms with E-state index in [1.54, 1.807) is 20.8 Å². The number of nitrogens with zero attached hydrogens (tertiary/aromatic N) is 2. The minimum absolute atomic E-state index is 0.0571. The highest BCUT2D eigenvalue weighted by atomic mass is 79.9. The van der Waals surface area contributed by atoms with Crippen LogP contribution in [0.2, 0.25) is 0 Å². The predicted octanol–water partition coefficient (Wildman–Crippen LogP) is 2.74. The summed E-state index contributed by atoms with van der Waals surface area (Å²) in [7, 11) is 0. The van der Waals surface area contributed by atoms with Gasteiger partial charge >= 0.3 is 6.09 Å². The average molecular weight is 265 g/mol. The molecule has 0 fully saturated rings. The van der Waals surface area contributed by atoms with Crippen LogP contribution < -0.4 is 0 Å². The second-order valence-electron chi connectivity index (χ2n) is 3.67. The quantitative estimate of drug-likeness (QED) is 0.724. The molecule has 0 aliphatic heterocycles. The van der Waals surface area contributed by atoms with E-state index in [1.165, 1.54) is 0 Å². The number of rotatable bonds is 0. The summed E-state index contributed by atoms with van der Waals surface area (Å²) in [6.45, 7) is 2.38. The monoisotopic (exact) mass is 264 g/mol.